The molecule has 94 valence electrons. The minimum absolute atomic E-state index is 0.0161. The van der Waals surface area contributed by atoms with Gasteiger partial charge >= 0.3 is 6.18 Å². The molecule has 0 aromatic heterocycles. The molecule has 17 heavy (non-hydrogen) atoms. The van der Waals surface area contributed by atoms with Crippen molar-refractivity contribution in [1.29, 1.82) is 0 Å². The summed E-state index contributed by atoms with van der Waals surface area (Å²) in [5.41, 5.74) is 0. The molecule has 3 rings (SSSR count). The van der Waals surface area contributed by atoms with E-state index in [1.54, 1.807) is 0 Å². The molecule has 3 nitrogen and oxygen atoms in total. The van der Waals surface area contributed by atoms with E-state index in [1.807, 2.05) is 0 Å². The van der Waals surface area contributed by atoms with E-state index in [9.17, 15) is 22.8 Å². The van der Waals surface area contributed by atoms with Crippen molar-refractivity contribution in [3.05, 3.63) is 0 Å². The van der Waals surface area contributed by atoms with Crippen LogP contribution in [0.5, 0.6) is 0 Å². The molecule has 0 radical (unpaired) electrons. The van der Waals surface area contributed by atoms with E-state index in [1.165, 1.54) is 7.05 Å². The Morgan fingerprint density at radius 1 is 1.12 bits per heavy atom. The summed E-state index contributed by atoms with van der Waals surface area (Å²) in [6.45, 7) is 0. The molecule has 0 aromatic carbocycles. The lowest BCUT2D eigenvalue weighted by Crippen LogP contribution is -2.37. The molecule has 2 saturated carbocycles. The fourth-order valence-corrected chi connectivity index (χ4v) is 3.98. The molecule has 5 atom stereocenters. The highest BCUT2D eigenvalue weighted by atomic mass is 19.4. The second kappa shape index (κ2) is 3.03. The van der Waals surface area contributed by atoms with Crippen molar-refractivity contribution in [2.24, 2.45) is 29.6 Å². The van der Waals surface area contributed by atoms with Gasteiger partial charge in [-0.25, -0.2) is 0 Å². The number of nitrogens with zero attached hydrogens (tertiary/aromatic N) is 1. The SMILES string of the molecule is CN1C(=O)C2C3CC(C2C1=O)C(C(F)(F)F)C3. The predicted molar refractivity (Wildman–Crippen MR) is 50.5 cm³/mol. The van der Waals surface area contributed by atoms with E-state index in [0.29, 0.717) is 6.42 Å². The van der Waals surface area contributed by atoms with Crippen LogP contribution in [-0.2, 0) is 9.59 Å². The molecule has 2 amide bonds. The normalized spacial score (nSPS) is 44.7. The minimum atomic E-state index is -4.24. The molecule has 0 aromatic rings. The number of alkyl halides is 3. The summed E-state index contributed by atoms with van der Waals surface area (Å²) in [5, 5.41) is 0. The first-order chi connectivity index (χ1) is 7.82. The van der Waals surface area contributed by atoms with Crippen molar-refractivity contribution < 1.29 is 22.8 Å². The molecule has 2 bridgehead atoms. The Hall–Kier alpha value is -1.07. The number of carbonyl (C=O) groups is 2. The lowest BCUT2D eigenvalue weighted by Gasteiger charge is -2.29. The van der Waals surface area contributed by atoms with Crippen LogP contribution in [-0.4, -0.2) is 29.9 Å². The monoisotopic (exact) mass is 247 g/mol. The fourth-order valence-electron chi connectivity index (χ4n) is 3.98. The summed E-state index contributed by atoms with van der Waals surface area (Å²) >= 11 is 0. The Bertz CT molecular complexity index is 406. The number of hydrogen-bond donors (Lipinski definition) is 0. The van der Waals surface area contributed by atoms with E-state index >= 15 is 0 Å². The Balaban J connectivity index is 1.94. The van der Waals surface area contributed by atoms with Crippen LogP contribution in [0.3, 0.4) is 0 Å². The number of rotatable bonds is 0. The van der Waals surface area contributed by atoms with Crippen LogP contribution in [0.15, 0.2) is 0 Å². The first-order valence-corrected chi connectivity index (χ1v) is 5.70. The van der Waals surface area contributed by atoms with Gasteiger partial charge in [-0.1, -0.05) is 0 Å². The summed E-state index contributed by atoms with van der Waals surface area (Å²) < 4.78 is 38.4. The molecule has 1 heterocycles. The van der Waals surface area contributed by atoms with Gasteiger partial charge in [-0.15, -0.1) is 0 Å². The van der Waals surface area contributed by atoms with Crippen molar-refractivity contribution in [1.82, 2.24) is 4.90 Å². The van der Waals surface area contributed by atoms with Gasteiger partial charge in [0.2, 0.25) is 11.8 Å². The number of fused-ring (bicyclic) bond motifs is 5. The third kappa shape index (κ3) is 1.24. The minimum Gasteiger partial charge on any atom is -0.285 e. The standard InChI is InChI=1S/C11H12F3NO2/c1-15-9(16)7-4-2-5(8(7)10(15)17)6(3-4)11(12,13)14/h4-8H,2-3H2,1H3. The van der Waals surface area contributed by atoms with Crippen molar-refractivity contribution >= 4 is 11.8 Å². The van der Waals surface area contributed by atoms with Gasteiger partial charge in [0.1, 0.15) is 0 Å². The quantitative estimate of drug-likeness (QED) is 0.607. The van der Waals surface area contributed by atoms with Gasteiger partial charge in [0.05, 0.1) is 17.8 Å². The Kier molecular flexibility index (Phi) is 1.97. The molecule has 5 unspecified atom stereocenters. The van der Waals surface area contributed by atoms with Crippen molar-refractivity contribution in [2.75, 3.05) is 7.05 Å². The first-order valence-electron chi connectivity index (χ1n) is 5.70. The number of carbonyl (C=O) groups excluding carboxylic acids is 2. The van der Waals surface area contributed by atoms with Gasteiger partial charge in [-0.2, -0.15) is 13.2 Å². The summed E-state index contributed by atoms with van der Waals surface area (Å²) in [4.78, 5) is 24.6. The van der Waals surface area contributed by atoms with Gasteiger partial charge in [-0.05, 0) is 24.7 Å². The van der Waals surface area contributed by atoms with Gasteiger partial charge in [0, 0.05) is 7.05 Å². The number of halogens is 3. The van der Waals surface area contributed by atoms with Gasteiger partial charge in [0.25, 0.3) is 0 Å². The number of hydrogen-bond acceptors (Lipinski definition) is 2. The average molecular weight is 247 g/mol. The molecule has 6 heteroatoms. The Morgan fingerprint density at radius 3 is 2.29 bits per heavy atom. The van der Waals surface area contributed by atoms with E-state index in [0.717, 1.165) is 4.90 Å². The van der Waals surface area contributed by atoms with Gasteiger partial charge in [0.15, 0.2) is 0 Å². The average Bonchev–Trinajstić information content (AvgIpc) is 2.86. The molecule has 1 saturated heterocycles. The second-order valence-electron chi connectivity index (χ2n) is 5.33. The smallest absolute Gasteiger partial charge is 0.285 e. The summed E-state index contributed by atoms with van der Waals surface area (Å²) in [6, 6.07) is 0. The lowest BCUT2D eigenvalue weighted by molar-refractivity contribution is -0.193. The molecule has 3 aliphatic rings. The third-order valence-electron chi connectivity index (χ3n) is 4.66. The van der Waals surface area contributed by atoms with Crippen molar-refractivity contribution in [3.8, 4) is 0 Å². The lowest BCUT2D eigenvalue weighted by atomic mass is 9.75. The van der Waals surface area contributed by atoms with Crippen LogP contribution in [0.4, 0.5) is 13.2 Å². The maximum absolute atomic E-state index is 12.8. The van der Waals surface area contributed by atoms with Crippen LogP contribution in [0.2, 0.25) is 0 Å². The van der Waals surface area contributed by atoms with E-state index in [2.05, 4.69) is 0 Å². The highest BCUT2D eigenvalue weighted by Gasteiger charge is 2.67. The van der Waals surface area contributed by atoms with Crippen molar-refractivity contribution in [3.63, 3.8) is 0 Å². The molecule has 3 fully saturated rings. The molecule has 2 aliphatic carbocycles. The number of amides is 2. The van der Waals surface area contributed by atoms with E-state index < -0.39 is 35.8 Å². The van der Waals surface area contributed by atoms with Gasteiger partial charge in [-0.3, -0.25) is 14.5 Å². The zero-order valence-electron chi connectivity index (χ0n) is 9.20. The maximum atomic E-state index is 12.8. The van der Waals surface area contributed by atoms with Crippen molar-refractivity contribution in [2.45, 2.75) is 19.0 Å². The second-order valence-corrected chi connectivity index (χ2v) is 5.33. The van der Waals surface area contributed by atoms with Crippen LogP contribution >= 0.6 is 0 Å². The number of imide groups is 1. The maximum Gasteiger partial charge on any atom is 0.392 e. The highest BCUT2D eigenvalue weighted by Crippen LogP contribution is 2.61. The Morgan fingerprint density at radius 2 is 1.71 bits per heavy atom. The summed E-state index contributed by atoms with van der Waals surface area (Å²) in [7, 11) is 1.37. The fraction of sp³-hybridized carbons (Fsp3) is 0.818. The highest BCUT2D eigenvalue weighted by molar-refractivity contribution is 6.05. The molecular weight excluding hydrogens is 235 g/mol. The van der Waals surface area contributed by atoms with Crippen LogP contribution in [0, 0.1) is 29.6 Å². The summed E-state index contributed by atoms with van der Waals surface area (Å²) in [6.07, 6.45) is -3.85. The predicted octanol–water partition coefficient (Wildman–Crippen LogP) is 1.44. The van der Waals surface area contributed by atoms with Crippen LogP contribution in [0.25, 0.3) is 0 Å². The molecule has 1 aliphatic heterocycles. The molecule has 0 spiro atoms. The summed E-state index contributed by atoms with van der Waals surface area (Å²) in [5.74, 6) is -4.20. The zero-order valence-corrected chi connectivity index (χ0v) is 9.20. The third-order valence-corrected chi connectivity index (χ3v) is 4.66. The topological polar surface area (TPSA) is 37.4 Å². The van der Waals surface area contributed by atoms with E-state index in [4.69, 9.17) is 0 Å². The number of likely N-dealkylation sites (tertiary alicyclic amines) is 1. The van der Waals surface area contributed by atoms with Gasteiger partial charge < -0.3 is 0 Å². The largest absolute Gasteiger partial charge is 0.392 e. The Labute approximate surface area is 96.0 Å². The van der Waals surface area contributed by atoms with Crippen LogP contribution in [0.1, 0.15) is 12.8 Å². The molecular formula is C11H12F3NO2. The van der Waals surface area contributed by atoms with E-state index in [-0.39, 0.29) is 18.2 Å². The molecule has 0 N–H and O–H groups in total. The zero-order chi connectivity index (χ0) is 12.5. The first kappa shape index (κ1) is 11.0. The van der Waals surface area contributed by atoms with Crippen LogP contribution < -0.4 is 0 Å².